The van der Waals surface area contributed by atoms with Gasteiger partial charge in [0, 0.05) is 11.0 Å². The van der Waals surface area contributed by atoms with Gasteiger partial charge < -0.3 is 5.11 Å². The molecule has 0 aliphatic carbocycles. The second-order valence-corrected chi connectivity index (χ2v) is 4.09. The van der Waals surface area contributed by atoms with Crippen molar-refractivity contribution in [2.45, 2.75) is 13.1 Å². The van der Waals surface area contributed by atoms with Crippen molar-refractivity contribution in [1.82, 2.24) is 0 Å². The summed E-state index contributed by atoms with van der Waals surface area (Å²) < 4.78 is 35.5. The van der Waals surface area contributed by atoms with E-state index < -0.39 is 17.7 Å². The Morgan fingerprint density at radius 2 is 2.07 bits per heavy atom. The fraction of sp³-hybridized carbons (Fsp3) is 0.222. The Balaban J connectivity index is 2.90. The number of halogens is 3. The molecule has 0 radical (unpaired) electrons. The van der Waals surface area contributed by atoms with Crippen molar-refractivity contribution >= 4 is 22.9 Å². The Morgan fingerprint density at radius 3 is 2.47 bits per heavy atom. The molecule has 0 unspecified atom stereocenters. The second kappa shape index (κ2) is 4.06. The first-order chi connectivity index (χ1) is 6.80. The highest BCUT2D eigenvalue weighted by molar-refractivity contribution is 7.13. The van der Waals surface area contributed by atoms with Crippen molar-refractivity contribution in [2.75, 3.05) is 0 Å². The van der Waals surface area contributed by atoms with E-state index >= 15 is 0 Å². The molecule has 0 saturated carbocycles. The van der Waals surface area contributed by atoms with Crippen LogP contribution >= 0.6 is 11.3 Å². The van der Waals surface area contributed by atoms with E-state index in [1.54, 1.807) is 13.0 Å². The van der Waals surface area contributed by atoms with Crippen molar-refractivity contribution in [3.05, 3.63) is 28.0 Å². The van der Waals surface area contributed by atoms with E-state index in [1.807, 2.05) is 0 Å². The van der Waals surface area contributed by atoms with E-state index in [2.05, 4.69) is 0 Å². The first kappa shape index (κ1) is 11.8. The van der Waals surface area contributed by atoms with Crippen molar-refractivity contribution in [1.29, 1.82) is 0 Å². The third-order valence-corrected chi connectivity index (χ3v) is 2.56. The number of hydrogen-bond donors (Lipinski definition) is 1. The molecular weight excluding hydrogens is 229 g/mol. The number of aliphatic hydroxyl groups is 1. The van der Waals surface area contributed by atoms with Gasteiger partial charge in [-0.05, 0) is 19.1 Å². The highest BCUT2D eigenvalue weighted by Crippen LogP contribution is 2.24. The van der Waals surface area contributed by atoms with Crippen LogP contribution in [0.5, 0.6) is 0 Å². The molecule has 2 nitrogen and oxygen atoms in total. The number of allylic oxidation sites excluding steroid dienone is 1. The molecule has 0 amide bonds. The van der Waals surface area contributed by atoms with E-state index in [9.17, 15) is 23.1 Å². The van der Waals surface area contributed by atoms with Crippen LogP contribution in [0.15, 0.2) is 18.2 Å². The van der Waals surface area contributed by atoms with Crippen molar-refractivity contribution in [3.63, 3.8) is 0 Å². The Labute approximate surface area is 87.7 Å². The minimum absolute atomic E-state index is 0.186. The van der Waals surface area contributed by atoms with Gasteiger partial charge >= 0.3 is 6.18 Å². The van der Waals surface area contributed by atoms with Crippen molar-refractivity contribution in [2.24, 2.45) is 0 Å². The maximum atomic E-state index is 11.8. The lowest BCUT2D eigenvalue weighted by atomic mass is 10.3. The largest absolute Gasteiger partial charge is 0.506 e. The first-order valence-electron chi connectivity index (χ1n) is 3.89. The topological polar surface area (TPSA) is 37.3 Å². The van der Waals surface area contributed by atoms with Gasteiger partial charge in [-0.1, -0.05) is 0 Å². The fourth-order valence-electron chi connectivity index (χ4n) is 0.849. The number of thiophene rings is 1. The van der Waals surface area contributed by atoms with E-state index in [-0.39, 0.29) is 11.0 Å². The molecule has 0 spiro atoms. The lowest BCUT2D eigenvalue weighted by Crippen LogP contribution is -2.20. The van der Waals surface area contributed by atoms with Crippen molar-refractivity contribution in [3.8, 4) is 0 Å². The number of hydrogen-bond acceptors (Lipinski definition) is 3. The van der Waals surface area contributed by atoms with E-state index in [4.69, 9.17) is 0 Å². The molecule has 15 heavy (non-hydrogen) atoms. The summed E-state index contributed by atoms with van der Waals surface area (Å²) >= 11 is 1.11. The number of alkyl halides is 3. The average Bonchev–Trinajstić information content (AvgIpc) is 2.50. The standard InChI is InChI=1S/C9H7F3O2S/c1-5-2-3-7(15-5)6(13)4-8(14)9(10,11)12/h2-4,13H,1H3. The minimum Gasteiger partial charge on any atom is -0.506 e. The Kier molecular flexibility index (Phi) is 3.18. The average molecular weight is 236 g/mol. The van der Waals surface area contributed by atoms with Gasteiger partial charge in [0.05, 0.1) is 4.88 Å². The monoisotopic (exact) mass is 236 g/mol. The minimum atomic E-state index is -4.94. The molecule has 1 aromatic heterocycles. The van der Waals surface area contributed by atoms with Gasteiger partial charge in [0.25, 0.3) is 5.78 Å². The maximum absolute atomic E-state index is 11.8. The van der Waals surface area contributed by atoms with Crippen LogP contribution in [0, 0.1) is 6.92 Å². The summed E-state index contributed by atoms with van der Waals surface area (Å²) in [6.45, 7) is 1.74. The van der Waals surface area contributed by atoms with E-state index in [0.29, 0.717) is 0 Å². The molecule has 6 heteroatoms. The van der Waals surface area contributed by atoms with Crippen LogP contribution in [0.3, 0.4) is 0 Å². The summed E-state index contributed by atoms with van der Waals surface area (Å²) in [7, 11) is 0. The summed E-state index contributed by atoms with van der Waals surface area (Å²) in [5.41, 5.74) is 0. The Hall–Kier alpha value is -1.30. The zero-order chi connectivity index (χ0) is 11.6. The molecule has 0 bridgehead atoms. The molecule has 0 saturated heterocycles. The van der Waals surface area contributed by atoms with Crippen LogP contribution in [-0.4, -0.2) is 17.1 Å². The Morgan fingerprint density at radius 1 is 1.47 bits per heavy atom. The van der Waals surface area contributed by atoms with Gasteiger partial charge in [0.2, 0.25) is 0 Å². The summed E-state index contributed by atoms with van der Waals surface area (Å²) in [4.78, 5) is 11.6. The molecular formula is C9H7F3O2S. The maximum Gasteiger partial charge on any atom is 0.454 e. The summed E-state index contributed by atoms with van der Waals surface area (Å²) in [6, 6.07) is 3.09. The molecule has 82 valence electrons. The van der Waals surface area contributed by atoms with Gasteiger partial charge in [0.15, 0.2) is 0 Å². The molecule has 0 aliphatic heterocycles. The molecule has 0 atom stereocenters. The van der Waals surface area contributed by atoms with Crippen LogP contribution in [-0.2, 0) is 4.79 Å². The molecule has 1 aromatic rings. The molecule has 0 aromatic carbocycles. The molecule has 1 rings (SSSR count). The summed E-state index contributed by atoms with van der Waals surface area (Å²) in [5, 5.41) is 9.22. The fourth-order valence-corrected chi connectivity index (χ4v) is 1.63. The molecule has 1 heterocycles. The van der Waals surface area contributed by atoms with Gasteiger partial charge in [-0.3, -0.25) is 4.79 Å². The number of carbonyl (C=O) groups excluding carboxylic acids is 1. The third kappa shape index (κ3) is 3.09. The zero-order valence-corrected chi connectivity index (χ0v) is 8.45. The van der Waals surface area contributed by atoms with Crippen LogP contribution < -0.4 is 0 Å². The SMILES string of the molecule is Cc1ccc(C(O)=CC(=O)C(F)(F)F)s1. The van der Waals surface area contributed by atoms with Crippen LogP contribution in [0.2, 0.25) is 0 Å². The summed E-state index contributed by atoms with van der Waals surface area (Å²) in [6.07, 6.45) is -4.76. The summed E-state index contributed by atoms with van der Waals surface area (Å²) in [5.74, 6) is -2.72. The predicted molar refractivity (Wildman–Crippen MR) is 50.7 cm³/mol. The lowest BCUT2D eigenvalue weighted by Gasteiger charge is -2.00. The van der Waals surface area contributed by atoms with E-state index in [0.717, 1.165) is 16.2 Å². The quantitative estimate of drug-likeness (QED) is 0.632. The Bertz CT molecular complexity index is 404. The molecule has 0 fully saturated rings. The number of aliphatic hydroxyl groups excluding tert-OH is 1. The number of aryl methyl sites for hydroxylation is 1. The van der Waals surface area contributed by atoms with Crippen LogP contribution in [0.1, 0.15) is 9.75 Å². The molecule has 1 N–H and O–H groups in total. The number of ketones is 1. The predicted octanol–water partition coefficient (Wildman–Crippen LogP) is 3.09. The lowest BCUT2D eigenvalue weighted by molar-refractivity contribution is -0.165. The highest BCUT2D eigenvalue weighted by Gasteiger charge is 2.37. The third-order valence-electron chi connectivity index (χ3n) is 1.54. The normalized spacial score (nSPS) is 12.9. The second-order valence-electron chi connectivity index (χ2n) is 2.80. The number of carbonyl (C=O) groups is 1. The van der Waals surface area contributed by atoms with E-state index in [1.165, 1.54) is 6.07 Å². The van der Waals surface area contributed by atoms with Gasteiger partial charge in [0.1, 0.15) is 5.76 Å². The van der Waals surface area contributed by atoms with Gasteiger partial charge in [-0.15, -0.1) is 11.3 Å². The smallest absolute Gasteiger partial charge is 0.454 e. The van der Waals surface area contributed by atoms with Crippen molar-refractivity contribution < 1.29 is 23.1 Å². The molecule has 0 aliphatic rings. The highest BCUT2D eigenvalue weighted by atomic mass is 32.1. The van der Waals surface area contributed by atoms with Crippen LogP contribution in [0.4, 0.5) is 13.2 Å². The van der Waals surface area contributed by atoms with Gasteiger partial charge in [-0.2, -0.15) is 13.2 Å². The van der Waals surface area contributed by atoms with Gasteiger partial charge in [-0.25, -0.2) is 0 Å². The van der Waals surface area contributed by atoms with Crippen LogP contribution in [0.25, 0.3) is 5.76 Å². The number of rotatable bonds is 2. The first-order valence-corrected chi connectivity index (χ1v) is 4.71. The zero-order valence-electron chi connectivity index (χ0n) is 7.63.